The van der Waals surface area contributed by atoms with E-state index in [1.807, 2.05) is 0 Å². The highest BCUT2D eigenvalue weighted by molar-refractivity contribution is 5.67. The fraction of sp³-hybridized carbons (Fsp3) is 0.562. The Morgan fingerprint density at radius 1 is 1.32 bits per heavy atom. The molecule has 6 heteroatoms. The van der Waals surface area contributed by atoms with Crippen molar-refractivity contribution < 1.29 is 24.9 Å². The van der Waals surface area contributed by atoms with Gasteiger partial charge in [-0.3, -0.25) is 0 Å². The molecule has 1 amide bonds. The minimum Gasteiger partial charge on any atom is -0.508 e. The lowest BCUT2D eigenvalue weighted by molar-refractivity contribution is 0.0118. The smallest absolute Gasteiger partial charge is 0.407 e. The zero-order valence-electron chi connectivity index (χ0n) is 13.5. The predicted octanol–water partition coefficient (Wildman–Crippen LogP) is 2.01. The molecule has 4 N–H and O–H groups in total. The van der Waals surface area contributed by atoms with Crippen molar-refractivity contribution in [2.24, 2.45) is 0 Å². The number of phenolic OH excluding ortho intramolecular Hbond substituents is 1. The van der Waals surface area contributed by atoms with E-state index in [0.29, 0.717) is 11.1 Å². The number of carbonyl (C=O) groups excluding carboxylic acids is 1. The van der Waals surface area contributed by atoms with E-state index in [4.69, 9.17) is 4.74 Å². The first-order valence-corrected chi connectivity index (χ1v) is 7.23. The molecule has 1 aromatic rings. The van der Waals surface area contributed by atoms with Crippen molar-refractivity contribution in [2.75, 3.05) is 6.54 Å². The molecule has 22 heavy (non-hydrogen) atoms. The molecule has 0 aromatic heterocycles. The monoisotopic (exact) mass is 311 g/mol. The van der Waals surface area contributed by atoms with Crippen LogP contribution in [-0.2, 0) is 4.74 Å². The summed E-state index contributed by atoms with van der Waals surface area (Å²) in [6.07, 6.45) is -2.60. The second-order valence-corrected chi connectivity index (χ2v) is 6.22. The standard InChI is InChI=1S/C16H25NO5/c1-10-11(6-5-7-12(10)18)14(20)13(19)8-9-17-15(21)22-16(2,3)4/h5-7,13-14,18-20H,8-9H2,1-4H3,(H,17,21). The molecule has 0 radical (unpaired) electrons. The topological polar surface area (TPSA) is 99.0 Å². The van der Waals surface area contributed by atoms with Gasteiger partial charge < -0.3 is 25.4 Å². The van der Waals surface area contributed by atoms with Gasteiger partial charge in [0.2, 0.25) is 0 Å². The van der Waals surface area contributed by atoms with Crippen molar-refractivity contribution in [3.8, 4) is 5.75 Å². The number of alkyl carbamates (subject to hydrolysis) is 1. The highest BCUT2D eigenvalue weighted by Crippen LogP contribution is 2.27. The van der Waals surface area contributed by atoms with Crippen LogP contribution in [0.3, 0.4) is 0 Å². The molecule has 1 rings (SSSR count). The number of carbonyl (C=O) groups is 1. The van der Waals surface area contributed by atoms with Crippen LogP contribution in [-0.4, -0.2) is 39.7 Å². The van der Waals surface area contributed by atoms with Gasteiger partial charge >= 0.3 is 6.09 Å². The highest BCUT2D eigenvalue weighted by Gasteiger charge is 2.22. The van der Waals surface area contributed by atoms with E-state index in [-0.39, 0.29) is 18.7 Å². The molecule has 0 aliphatic carbocycles. The summed E-state index contributed by atoms with van der Waals surface area (Å²) in [5.41, 5.74) is 0.403. The highest BCUT2D eigenvalue weighted by atomic mass is 16.6. The molecule has 0 saturated carbocycles. The summed E-state index contributed by atoms with van der Waals surface area (Å²) in [6.45, 7) is 7.12. The third kappa shape index (κ3) is 5.54. The number of rotatable bonds is 5. The van der Waals surface area contributed by atoms with Gasteiger partial charge in [0, 0.05) is 6.54 Å². The first-order chi connectivity index (χ1) is 10.1. The molecule has 2 unspecified atom stereocenters. The number of aliphatic hydroxyl groups is 2. The minimum absolute atomic E-state index is 0.0654. The van der Waals surface area contributed by atoms with Gasteiger partial charge in [0.1, 0.15) is 17.5 Å². The lowest BCUT2D eigenvalue weighted by Crippen LogP contribution is -2.34. The molecule has 0 spiro atoms. The van der Waals surface area contributed by atoms with Crippen LogP contribution in [0.15, 0.2) is 18.2 Å². The minimum atomic E-state index is -1.13. The van der Waals surface area contributed by atoms with Gasteiger partial charge in [-0.05, 0) is 51.3 Å². The van der Waals surface area contributed by atoms with Crippen LogP contribution in [0.2, 0.25) is 0 Å². The van der Waals surface area contributed by atoms with Crippen molar-refractivity contribution in [3.05, 3.63) is 29.3 Å². The van der Waals surface area contributed by atoms with Crippen LogP contribution in [0.25, 0.3) is 0 Å². The summed E-state index contributed by atoms with van der Waals surface area (Å²) in [6, 6.07) is 4.76. The molecule has 124 valence electrons. The number of ether oxygens (including phenoxy) is 1. The van der Waals surface area contributed by atoms with E-state index >= 15 is 0 Å². The summed E-state index contributed by atoms with van der Waals surface area (Å²) in [5, 5.41) is 32.3. The van der Waals surface area contributed by atoms with Crippen LogP contribution in [0.4, 0.5) is 4.79 Å². The Morgan fingerprint density at radius 2 is 1.95 bits per heavy atom. The predicted molar refractivity (Wildman–Crippen MR) is 82.7 cm³/mol. The first-order valence-electron chi connectivity index (χ1n) is 7.23. The summed E-state index contributed by atoms with van der Waals surface area (Å²) in [5.74, 6) is 0.0654. The molecular formula is C16H25NO5. The quantitative estimate of drug-likeness (QED) is 0.666. The summed E-state index contributed by atoms with van der Waals surface area (Å²) in [7, 11) is 0. The summed E-state index contributed by atoms with van der Waals surface area (Å²) in [4.78, 5) is 11.5. The number of phenols is 1. The van der Waals surface area contributed by atoms with Crippen molar-refractivity contribution in [1.82, 2.24) is 5.32 Å². The number of aromatic hydroxyl groups is 1. The molecule has 0 heterocycles. The van der Waals surface area contributed by atoms with Gasteiger partial charge in [-0.2, -0.15) is 0 Å². The van der Waals surface area contributed by atoms with Crippen molar-refractivity contribution >= 4 is 6.09 Å². The maximum Gasteiger partial charge on any atom is 0.407 e. The van der Waals surface area contributed by atoms with Crippen LogP contribution < -0.4 is 5.32 Å². The molecular weight excluding hydrogens is 286 g/mol. The van der Waals surface area contributed by atoms with Crippen LogP contribution in [0.5, 0.6) is 5.75 Å². The van der Waals surface area contributed by atoms with Gasteiger partial charge in [-0.25, -0.2) is 4.79 Å². The zero-order valence-corrected chi connectivity index (χ0v) is 13.5. The van der Waals surface area contributed by atoms with Crippen LogP contribution >= 0.6 is 0 Å². The fourth-order valence-electron chi connectivity index (χ4n) is 1.96. The fourth-order valence-corrected chi connectivity index (χ4v) is 1.96. The number of amides is 1. The number of nitrogens with one attached hydrogen (secondary N) is 1. The maximum absolute atomic E-state index is 11.5. The van der Waals surface area contributed by atoms with Gasteiger partial charge in [0.05, 0.1) is 6.10 Å². The number of benzene rings is 1. The molecule has 0 bridgehead atoms. The average molecular weight is 311 g/mol. The SMILES string of the molecule is Cc1c(O)cccc1C(O)C(O)CCNC(=O)OC(C)(C)C. The van der Waals surface area contributed by atoms with Gasteiger partial charge in [0.15, 0.2) is 0 Å². The van der Waals surface area contributed by atoms with Crippen molar-refractivity contribution in [1.29, 1.82) is 0 Å². The van der Waals surface area contributed by atoms with E-state index in [9.17, 15) is 20.1 Å². The summed E-state index contributed by atoms with van der Waals surface area (Å²) >= 11 is 0. The van der Waals surface area contributed by atoms with Crippen LogP contribution in [0.1, 0.15) is 44.4 Å². The largest absolute Gasteiger partial charge is 0.508 e. The number of hydrogen-bond acceptors (Lipinski definition) is 5. The van der Waals surface area contributed by atoms with E-state index in [1.165, 1.54) is 6.07 Å². The number of hydrogen-bond donors (Lipinski definition) is 4. The number of aliphatic hydroxyl groups excluding tert-OH is 2. The molecule has 0 aliphatic heterocycles. The Balaban J connectivity index is 2.50. The van der Waals surface area contributed by atoms with Crippen LogP contribution in [0, 0.1) is 6.92 Å². The average Bonchev–Trinajstić information content (AvgIpc) is 2.39. The van der Waals surface area contributed by atoms with E-state index in [0.717, 1.165) is 0 Å². The normalized spacial score (nSPS) is 14.3. The van der Waals surface area contributed by atoms with Gasteiger partial charge in [0.25, 0.3) is 0 Å². The summed E-state index contributed by atoms with van der Waals surface area (Å²) < 4.78 is 5.07. The third-order valence-electron chi connectivity index (χ3n) is 3.14. The van der Waals surface area contributed by atoms with Gasteiger partial charge in [-0.1, -0.05) is 12.1 Å². The van der Waals surface area contributed by atoms with Gasteiger partial charge in [-0.15, -0.1) is 0 Å². The Labute approximate surface area is 130 Å². The Morgan fingerprint density at radius 3 is 2.55 bits per heavy atom. The Hall–Kier alpha value is -1.79. The Kier molecular flexibility index (Phi) is 6.20. The second-order valence-electron chi connectivity index (χ2n) is 6.22. The van der Waals surface area contributed by atoms with E-state index in [2.05, 4.69) is 5.32 Å². The van der Waals surface area contributed by atoms with Crippen molar-refractivity contribution in [2.45, 2.75) is 51.9 Å². The second kappa shape index (κ2) is 7.47. The van der Waals surface area contributed by atoms with Crippen molar-refractivity contribution in [3.63, 3.8) is 0 Å². The Bertz CT molecular complexity index is 510. The lowest BCUT2D eigenvalue weighted by atomic mass is 9.97. The zero-order chi connectivity index (χ0) is 16.9. The lowest BCUT2D eigenvalue weighted by Gasteiger charge is -2.22. The molecule has 0 fully saturated rings. The molecule has 6 nitrogen and oxygen atoms in total. The first kappa shape index (κ1) is 18.3. The molecule has 2 atom stereocenters. The molecule has 0 aliphatic rings. The van der Waals surface area contributed by atoms with E-state index < -0.39 is 23.9 Å². The maximum atomic E-state index is 11.5. The van der Waals surface area contributed by atoms with E-state index in [1.54, 1.807) is 39.8 Å². The molecule has 0 saturated heterocycles. The molecule has 1 aromatic carbocycles. The third-order valence-corrected chi connectivity index (χ3v) is 3.14.